The zero-order valence-electron chi connectivity index (χ0n) is 11.5. The van der Waals surface area contributed by atoms with Crippen molar-refractivity contribution in [2.24, 2.45) is 0 Å². The first-order valence-electron chi connectivity index (χ1n) is 6.24. The van der Waals surface area contributed by atoms with E-state index >= 15 is 0 Å². The lowest BCUT2D eigenvalue weighted by atomic mass is 10.1. The van der Waals surface area contributed by atoms with E-state index < -0.39 is 6.10 Å². The second-order valence-electron chi connectivity index (χ2n) is 4.60. The highest BCUT2D eigenvalue weighted by atomic mass is 16.3. The number of nitrogens with one attached hydrogen (secondary N) is 2. The van der Waals surface area contributed by atoms with Crippen molar-refractivity contribution in [2.45, 2.75) is 33.3 Å². The number of amides is 2. The monoisotopic (exact) mass is 264 g/mol. The van der Waals surface area contributed by atoms with E-state index in [1.807, 2.05) is 6.92 Å². The number of anilines is 1. The van der Waals surface area contributed by atoms with Crippen LogP contribution in [0.3, 0.4) is 0 Å². The lowest BCUT2D eigenvalue weighted by molar-refractivity contribution is 0.101. The molecule has 0 fully saturated rings. The van der Waals surface area contributed by atoms with Gasteiger partial charge in [0.15, 0.2) is 5.78 Å². The van der Waals surface area contributed by atoms with Crippen molar-refractivity contribution >= 4 is 17.5 Å². The van der Waals surface area contributed by atoms with Crippen LogP contribution in [-0.4, -0.2) is 29.6 Å². The molecule has 1 atom stereocenters. The van der Waals surface area contributed by atoms with E-state index in [1.54, 1.807) is 25.1 Å². The van der Waals surface area contributed by atoms with Crippen molar-refractivity contribution in [3.05, 3.63) is 29.3 Å². The zero-order valence-corrected chi connectivity index (χ0v) is 11.5. The number of Topliss-reactive ketones (excluding diaryl/α,β-unsaturated/α-hetero) is 1. The van der Waals surface area contributed by atoms with E-state index in [2.05, 4.69) is 10.6 Å². The quantitative estimate of drug-likeness (QED) is 0.712. The molecule has 1 aromatic carbocycles. The fraction of sp³-hybridized carbons (Fsp3) is 0.429. The number of benzene rings is 1. The molecule has 0 radical (unpaired) electrons. The van der Waals surface area contributed by atoms with Gasteiger partial charge in [0.05, 0.1) is 6.10 Å². The van der Waals surface area contributed by atoms with E-state index in [4.69, 9.17) is 5.11 Å². The molecule has 104 valence electrons. The van der Waals surface area contributed by atoms with E-state index in [9.17, 15) is 9.59 Å². The summed E-state index contributed by atoms with van der Waals surface area (Å²) in [6, 6.07) is 4.82. The van der Waals surface area contributed by atoms with Gasteiger partial charge in [0, 0.05) is 17.8 Å². The molecule has 5 nitrogen and oxygen atoms in total. The van der Waals surface area contributed by atoms with Crippen LogP contribution < -0.4 is 10.6 Å². The summed E-state index contributed by atoms with van der Waals surface area (Å²) >= 11 is 0. The van der Waals surface area contributed by atoms with Gasteiger partial charge in [-0.3, -0.25) is 4.79 Å². The predicted molar refractivity (Wildman–Crippen MR) is 74.5 cm³/mol. The summed E-state index contributed by atoms with van der Waals surface area (Å²) in [5, 5.41) is 14.4. The summed E-state index contributed by atoms with van der Waals surface area (Å²) in [4.78, 5) is 22.8. The van der Waals surface area contributed by atoms with Gasteiger partial charge in [0.1, 0.15) is 0 Å². The number of rotatable bonds is 5. The topological polar surface area (TPSA) is 78.4 Å². The lowest BCUT2D eigenvalue weighted by Gasteiger charge is -2.10. The summed E-state index contributed by atoms with van der Waals surface area (Å²) in [6.07, 6.45) is 0.0767. The van der Waals surface area contributed by atoms with Gasteiger partial charge in [-0.1, -0.05) is 0 Å². The molecule has 1 aromatic rings. The van der Waals surface area contributed by atoms with Crippen LogP contribution in [0.1, 0.15) is 36.2 Å². The average Bonchev–Trinajstić information content (AvgIpc) is 2.27. The zero-order chi connectivity index (χ0) is 14.4. The number of carbonyl (C=O) groups excluding carboxylic acids is 2. The lowest BCUT2D eigenvalue weighted by Crippen LogP contribution is -2.30. The number of carbonyl (C=O) groups is 2. The Morgan fingerprint density at radius 3 is 2.58 bits per heavy atom. The number of aryl methyl sites for hydroxylation is 1. The summed E-state index contributed by atoms with van der Waals surface area (Å²) in [6.45, 7) is 5.42. The molecule has 1 unspecified atom stereocenters. The Labute approximate surface area is 113 Å². The average molecular weight is 264 g/mol. The molecule has 0 saturated carbocycles. The minimum atomic E-state index is -0.433. The third kappa shape index (κ3) is 5.09. The van der Waals surface area contributed by atoms with Crippen LogP contribution in [0.4, 0.5) is 10.5 Å². The SMILES string of the molecule is CC(=O)c1ccc(NC(=O)NCCC(C)O)cc1C. The Morgan fingerprint density at radius 1 is 1.37 bits per heavy atom. The maximum Gasteiger partial charge on any atom is 0.319 e. The molecule has 5 heteroatoms. The third-order valence-electron chi connectivity index (χ3n) is 2.71. The molecule has 0 aliphatic rings. The number of hydrogen-bond donors (Lipinski definition) is 3. The van der Waals surface area contributed by atoms with Crippen molar-refractivity contribution in [3.8, 4) is 0 Å². The maximum atomic E-state index is 11.6. The number of aliphatic hydroxyl groups excluding tert-OH is 1. The molecule has 0 aromatic heterocycles. The van der Waals surface area contributed by atoms with Crippen LogP contribution >= 0.6 is 0 Å². The Bertz CT molecular complexity index is 470. The molecular weight excluding hydrogens is 244 g/mol. The Morgan fingerprint density at radius 2 is 2.05 bits per heavy atom. The van der Waals surface area contributed by atoms with Crippen molar-refractivity contribution < 1.29 is 14.7 Å². The predicted octanol–water partition coefficient (Wildman–Crippen LogP) is 2.09. The van der Waals surface area contributed by atoms with Crippen LogP contribution in [0, 0.1) is 6.92 Å². The standard InChI is InChI=1S/C14H20N2O3/c1-9-8-12(4-5-13(9)11(3)18)16-14(19)15-7-6-10(2)17/h4-5,8,10,17H,6-7H2,1-3H3,(H2,15,16,19). The number of aliphatic hydroxyl groups is 1. The van der Waals surface area contributed by atoms with Crippen LogP contribution in [0.2, 0.25) is 0 Å². The second kappa shape index (κ2) is 6.89. The summed E-state index contributed by atoms with van der Waals surface area (Å²) in [5.41, 5.74) is 2.12. The molecule has 2 amide bonds. The molecule has 0 bridgehead atoms. The number of urea groups is 1. The van der Waals surface area contributed by atoms with Gasteiger partial charge in [-0.25, -0.2) is 4.79 Å². The Balaban J connectivity index is 2.55. The normalized spacial score (nSPS) is 11.8. The first-order chi connectivity index (χ1) is 8.90. The molecular formula is C14H20N2O3. The summed E-state index contributed by atoms with van der Waals surface area (Å²) < 4.78 is 0. The number of hydrogen-bond acceptors (Lipinski definition) is 3. The Hall–Kier alpha value is -1.88. The molecule has 0 saturated heterocycles. The summed E-state index contributed by atoms with van der Waals surface area (Å²) in [7, 11) is 0. The van der Waals surface area contributed by atoms with Crippen LogP contribution in [0.25, 0.3) is 0 Å². The van der Waals surface area contributed by atoms with Crippen LogP contribution in [0.15, 0.2) is 18.2 Å². The smallest absolute Gasteiger partial charge is 0.319 e. The number of ketones is 1. The first-order valence-corrected chi connectivity index (χ1v) is 6.24. The molecule has 0 aliphatic carbocycles. The molecule has 19 heavy (non-hydrogen) atoms. The molecule has 0 heterocycles. The molecule has 0 spiro atoms. The largest absolute Gasteiger partial charge is 0.393 e. The fourth-order valence-corrected chi connectivity index (χ4v) is 1.71. The molecule has 1 rings (SSSR count). The Kier molecular flexibility index (Phi) is 5.51. The minimum Gasteiger partial charge on any atom is -0.393 e. The van der Waals surface area contributed by atoms with E-state index in [0.29, 0.717) is 24.2 Å². The second-order valence-corrected chi connectivity index (χ2v) is 4.60. The highest BCUT2D eigenvalue weighted by molar-refractivity contribution is 5.96. The van der Waals surface area contributed by atoms with E-state index in [-0.39, 0.29) is 11.8 Å². The minimum absolute atomic E-state index is 0.00503. The van der Waals surface area contributed by atoms with Gasteiger partial charge >= 0.3 is 6.03 Å². The van der Waals surface area contributed by atoms with Crippen LogP contribution in [0.5, 0.6) is 0 Å². The van der Waals surface area contributed by atoms with Gasteiger partial charge in [0.2, 0.25) is 0 Å². The van der Waals surface area contributed by atoms with Crippen molar-refractivity contribution in [1.82, 2.24) is 5.32 Å². The summed E-state index contributed by atoms with van der Waals surface area (Å²) in [5.74, 6) is 0.00503. The van der Waals surface area contributed by atoms with E-state index in [1.165, 1.54) is 6.92 Å². The van der Waals surface area contributed by atoms with Crippen molar-refractivity contribution in [2.75, 3.05) is 11.9 Å². The van der Waals surface area contributed by atoms with E-state index in [0.717, 1.165) is 5.56 Å². The van der Waals surface area contributed by atoms with Gasteiger partial charge in [0.25, 0.3) is 0 Å². The fourth-order valence-electron chi connectivity index (χ4n) is 1.71. The first kappa shape index (κ1) is 15.2. The molecule has 3 N–H and O–H groups in total. The highest BCUT2D eigenvalue weighted by Crippen LogP contribution is 2.15. The highest BCUT2D eigenvalue weighted by Gasteiger charge is 2.06. The van der Waals surface area contributed by atoms with Crippen molar-refractivity contribution in [1.29, 1.82) is 0 Å². The molecule has 0 aliphatic heterocycles. The maximum absolute atomic E-state index is 11.6. The van der Waals surface area contributed by atoms with Crippen molar-refractivity contribution in [3.63, 3.8) is 0 Å². The van der Waals surface area contributed by atoms with Gasteiger partial charge in [-0.05, 0) is 51.0 Å². The van der Waals surface area contributed by atoms with Gasteiger partial charge in [-0.15, -0.1) is 0 Å². The third-order valence-corrected chi connectivity index (χ3v) is 2.71. The van der Waals surface area contributed by atoms with Crippen LogP contribution in [-0.2, 0) is 0 Å². The van der Waals surface area contributed by atoms with Gasteiger partial charge in [-0.2, -0.15) is 0 Å². The van der Waals surface area contributed by atoms with Gasteiger partial charge < -0.3 is 15.7 Å².